The van der Waals surface area contributed by atoms with Crippen LogP contribution in [0, 0.1) is 0 Å². The summed E-state index contributed by atoms with van der Waals surface area (Å²) in [4.78, 5) is 26.0. The lowest BCUT2D eigenvalue weighted by atomic mass is 10.3. The second-order valence-electron chi connectivity index (χ2n) is 3.86. The number of hydrogen-bond donors (Lipinski definition) is 3. The Labute approximate surface area is 119 Å². The second-order valence-corrected chi connectivity index (χ2v) is 5.01. The number of carboxylic acid groups (broad SMARTS) is 1. The standard InChI is InChI=1S/C14H11NO4S/c16-12(7-13(17)14(18)19)11-6-10(8-15-11)20-9-4-2-1-3-5-9/h1-8,15-16H,(H,18,19). The minimum absolute atomic E-state index is 0.290. The average molecular weight is 289 g/mol. The molecule has 0 aliphatic carbocycles. The van der Waals surface area contributed by atoms with E-state index in [0.29, 0.717) is 6.08 Å². The molecule has 0 saturated heterocycles. The van der Waals surface area contributed by atoms with E-state index in [0.717, 1.165) is 9.79 Å². The van der Waals surface area contributed by atoms with Gasteiger partial charge in [-0.2, -0.15) is 0 Å². The zero-order chi connectivity index (χ0) is 14.5. The van der Waals surface area contributed by atoms with Gasteiger partial charge in [-0.05, 0) is 18.2 Å². The average Bonchev–Trinajstić information content (AvgIpc) is 2.88. The Morgan fingerprint density at radius 1 is 1.10 bits per heavy atom. The van der Waals surface area contributed by atoms with Gasteiger partial charge >= 0.3 is 5.97 Å². The number of H-pyrrole nitrogens is 1. The summed E-state index contributed by atoms with van der Waals surface area (Å²) in [5.74, 6) is -3.19. The Hall–Kier alpha value is -2.47. The molecule has 2 aromatic rings. The Kier molecular flexibility index (Phi) is 4.27. The molecule has 0 saturated carbocycles. The van der Waals surface area contributed by atoms with Crippen molar-refractivity contribution in [3.8, 4) is 0 Å². The van der Waals surface area contributed by atoms with Crippen LogP contribution in [-0.2, 0) is 9.59 Å². The molecule has 0 bridgehead atoms. The number of nitrogens with one attached hydrogen (secondary N) is 1. The molecule has 0 aliphatic rings. The van der Waals surface area contributed by atoms with E-state index in [9.17, 15) is 14.7 Å². The van der Waals surface area contributed by atoms with Gasteiger partial charge in [-0.15, -0.1) is 0 Å². The highest BCUT2D eigenvalue weighted by Gasteiger charge is 2.12. The lowest BCUT2D eigenvalue weighted by Crippen LogP contribution is -2.09. The first-order valence-corrected chi connectivity index (χ1v) is 6.47. The van der Waals surface area contributed by atoms with Gasteiger partial charge in [0.2, 0.25) is 0 Å². The highest BCUT2D eigenvalue weighted by Crippen LogP contribution is 2.28. The van der Waals surface area contributed by atoms with Crippen LogP contribution in [0.3, 0.4) is 0 Å². The van der Waals surface area contributed by atoms with E-state index in [4.69, 9.17) is 5.11 Å². The monoisotopic (exact) mass is 289 g/mol. The molecule has 2 rings (SSSR count). The lowest BCUT2D eigenvalue weighted by Gasteiger charge is -1.96. The molecule has 20 heavy (non-hydrogen) atoms. The first-order chi connectivity index (χ1) is 9.56. The molecular weight excluding hydrogens is 278 g/mol. The smallest absolute Gasteiger partial charge is 0.376 e. The highest BCUT2D eigenvalue weighted by molar-refractivity contribution is 7.99. The minimum atomic E-state index is -1.61. The third-order valence-corrected chi connectivity index (χ3v) is 3.37. The van der Waals surface area contributed by atoms with E-state index >= 15 is 0 Å². The van der Waals surface area contributed by atoms with Crippen LogP contribution in [0.15, 0.2) is 58.5 Å². The maximum absolute atomic E-state index is 11.0. The molecular formula is C14H11NO4S. The molecule has 1 aromatic carbocycles. The normalized spacial score (nSPS) is 11.3. The molecule has 1 aromatic heterocycles. The van der Waals surface area contributed by atoms with Crippen LogP contribution in [-0.4, -0.2) is 26.9 Å². The summed E-state index contributed by atoms with van der Waals surface area (Å²) >= 11 is 1.48. The summed E-state index contributed by atoms with van der Waals surface area (Å²) < 4.78 is 0. The Morgan fingerprint density at radius 3 is 2.45 bits per heavy atom. The summed E-state index contributed by atoms with van der Waals surface area (Å²) in [5, 5.41) is 18.1. The predicted octanol–water partition coefficient (Wildman–Crippen LogP) is 2.72. The summed E-state index contributed by atoms with van der Waals surface area (Å²) in [7, 11) is 0. The van der Waals surface area contributed by atoms with Gasteiger partial charge in [0, 0.05) is 22.1 Å². The van der Waals surface area contributed by atoms with E-state index in [2.05, 4.69) is 4.98 Å². The van der Waals surface area contributed by atoms with Gasteiger partial charge in [-0.3, -0.25) is 4.79 Å². The van der Waals surface area contributed by atoms with Crippen molar-refractivity contribution in [1.29, 1.82) is 0 Å². The number of aliphatic hydroxyl groups is 1. The van der Waals surface area contributed by atoms with Gasteiger partial charge in [0.25, 0.3) is 5.78 Å². The van der Waals surface area contributed by atoms with E-state index in [1.165, 1.54) is 11.8 Å². The number of ketones is 1. The van der Waals surface area contributed by atoms with Crippen LogP contribution in [0.4, 0.5) is 0 Å². The zero-order valence-electron chi connectivity index (χ0n) is 10.2. The SMILES string of the molecule is O=C(O)C(=O)C=C(O)c1cc(Sc2ccccc2)c[nH]1. The molecule has 6 heteroatoms. The fourth-order valence-electron chi connectivity index (χ4n) is 1.47. The number of hydrogen-bond acceptors (Lipinski definition) is 4. The van der Waals surface area contributed by atoms with Gasteiger partial charge in [-0.1, -0.05) is 30.0 Å². The third kappa shape index (κ3) is 3.52. The number of carbonyl (C=O) groups is 2. The maximum atomic E-state index is 11.0. The molecule has 0 fully saturated rings. The summed E-state index contributed by atoms with van der Waals surface area (Å²) in [6.07, 6.45) is 2.34. The van der Waals surface area contributed by atoms with E-state index < -0.39 is 17.5 Å². The van der Waals surface area contributed by atoms with Crippen molar-refractivity contribution in [3.63, 3.8) is 0 Å². The van der Waals surface area contributed by atoms with Crippen LogP contribution in [0.1, 0.15) is 5.69 Å². The summed E-state index contributed by atoms with van der Waals surface area (Å²) in [6, 6.07) is 11.3. The van der Waals surface area contributed by atoms with Gasteiger partial charge in [0.05, 0.1) is 5.69 Å². The van der Waals surface area contributed by atoms with E-state index in [1.54, 1.807) is 12.3 Å². The minimum Gasteiger partial charge on any atom is -0.506 e. The number of aliphatic carboxylic acids is 1. The van der Waals surface area contributed by atoms with Crippen LogP contribution in [0.2, 0.25) is 0 Å². The van der Waals surface area contributed by atoms with Gasteiger partial charge in [0.1, 0.15) is 5.76 Å². The molecule has 0 atom stereocenters. The fraction of sp³-hybridized carbons (Fsp3) is 0. The van der Waals surface area contributed by atoms with Crippen LogP contribution >= 0.6 is 11.8 Å². The topological polar surface area (TPSA) is 90.4 Å². The number of aromatic amines is 1. The number of rotatable bonds is 5. The Morgan fingerprint density at radius 2 is 1.80 bits per heavy atom. The van der Waals surface area contributed by atoms with E-state index in [-0.39, 0.29) is 5.69 Å². The number of carboxylic acids is 1. The largest absolute Gasteiger partial charge is 0.506 e. The Bertz CT molecular complexity index is 661. The van der Waals surface area contributed by atoms with Crippen LogP contribution < -0.4 is 0 Å². The van der Waals surface area contributed by atoms with Gasteiger partial charge < -0.3 is 15.2 Å². The third-order valence-electron chi connectivity index (χ3n) is 2.39. The maximum Gasteiger partial charge on any atom is 0.376 e. The fourth-order valence-corrected chi connectivity index (χ4v) is 2.33. The van der Waals surface area contributed by atoms with Gasteiger partial charge in [0.15, 0.2) is 0 Å². The molecule has 0 spiro atoms. The Balaban J connectivity index is 2.13. The van der Waals surface area contributed by atoms with Crippen molar-refractivity contribution in [2.75, 3.05) is 0 Å². The van der Waals surface area contributed by atoms with Crippen molar-refractivity contribution >= 4 is 29.3 Å². The zero-order valence-corrected chi connectivity index (χ0v) is 11.1. The van der Waals surface area contributed by atoms with Crippen molar-refractivity contribution in [2.24, 2.45) is 0 Å². The highest BCUT2D eigenvalue weighted by atomic mass is 32.2. The molecule has 5 nitrogen and oxygen atoms in total. The first kappa shape index (κ1) is 14.0. The molecule has 0 radical (unpaired) electrons. The number of aliphatic hydroxyl groups excluding tert-OH is 1. The van der Waals surface area contributed by atoms with Crippen LogP contribution in [0.5, 0.6) is 0 Å². The first-order valence-electron chi connectivity index (χ1n) is 5.66. The van der Waals surface area contributed by atoms with Crippen molar-refractivity contribution in [2.45, 2.75) is 9.79 Å². The summed E-state index contributed by atoms with van der Waals surface area (Å²) in [6.45, 7) is 0. The molecule has 0 unspecified atom stereocenters. The molecule has 1 heterocycles. The molecule has 102 valence electrons. The quantitative estimate of drug-likeness (QED) is 0.447. The molecule has 3 N–H and O–H groups in total. The van der Waals surface area contributed by atoms with Crippen molar-refractivity contribution < 1.29 is 19.8 Å². The van der Waals surface area contributed by atoms with Crippen molar-refractivity contribution in [1.82, 2.24) is 4.98 Å². The molecule has 0 aliphatic heterocycles. The van der Waals surface area contributed by atoms with Crippen LogP contribution in [0.25, 0.3) is 5.76 Å². The number of carbonyl (C=O) groups excluding carboxylic acids is 1. The summed E-state index contributed by atoms with van der Waals surface area (Å²) in [5.41, 5.74) is 0.290. The molecule has 0 amide bonds. The number of aromatic nitrogens is 1. The predicted molar refractivity (Wildman–Crippen MR) is 74.6 cm³/mol. The van der Waals surface area contributed by atoms with Crippen molar-refractivity contribution in [3.05, 3.63) is 54.4 Å². The van der Waals surface area contributed by atoms with E-state index in [1.807, 2.05) is 30.3 Å². The number of benzene rings is 1. The van der Waals surface area contributed by atoms with Gasteiger partial charge in [-0.25, -0.2) is 4.79 Å². The second kappa shape index (κ2) is 6.12. The lowest BCUT2D eigenvalue weighted by molar-refractivity contribution is -0.146.